The van der Waals surface area contributed by atoms with E-state index < -0.39 is 63.8 Å². The van der Waals surface area contributed by atoms with Crippen LogP contribution < -0.4 is 0 Å². The molecule has 0 aliphatic carbocycles. The van der Waals surface area contributed by atoms with Crippen LogP contribution in [0.2, 0.25) is 0 Å². The SMILES string of the molecule is Cc1cc(C(C)(C)C)cc(C(C)(C)C)c1C(O)C(CO)(CO)C(O)(c1ccc(C(C)(C)C)cc1C(C)(C)C)c1c(C)cc(C(C)(C)C)cc1C(C)(C)C.OP(O)OP(O)O. The predicted octanol–water partition coefficient (Wildman–Crippen LogP) is 10.5. The minimum absolute atomic E-state index is 0.149. The molecular formula is C49H80O9P2. The molecule has 0 spiro atoms. The molecule has 0 radical (unpaired) electrons. The quantitative estimate of drug-likeness (QED) is 0.0975. The van der Waals surface area contributed by atoms with Crippen LogP contribution in [-0.4, -0.2) is 53.2 Å². The normalized spacial score (nSPS) is 15.2. The minimum Gasteiger partial charge on any atom is -0.395 e. The Hall–Kier alpha value is -1.84. The zero-order valence-electron chi connectivity index (χ0n) is 40.4. The lowest BCUT2D eigenvalue weighted by Gasteiger charge is -2.53. The number of aliphatic hydroxyl groups is 4. The highest BCUT2D eigenvalue weighted by Gasteiger charge is 2.60. The smallest absolute Gasteiger partial charge is 0.334 e. The molecule has 11 heteroatoms. The predicted molar refractivity (Wildman–Crippen MR) is 249 cm³/mol. The van der Waals surface area contributed by atoms with E-state index in [-0.39, 0.29) is 16.2 Å². The van der Waals surface area contributed by atoms with Crippen LogP contribution in [0.4, 0.5) is 0 Å². The molecule has 8 N–H and O–H groups in total. The Bertz CT molecular complexity index is 1920. The highest BCUT2D eigenvalue weighted by Crippen LogP contribution is 2.58. The van der Waals surface area contributed by atoms with Gasteiger partial charge in [0.1, 0.15) is 5.60 Å². The fraction of sp³-hybridized carbons (Fsp3) is 0.633. The van der Waals surface area contributed by atoms with Gasteiger partial charge in [0.25, 0.3) is 0 Å². The largest absolute Gasteiger partial charge is 0.395 e. The zero-order chi connectivity index (χ0) is 47.2. The van der Waals surface area contributed by atoms with Crippen molar-refractivity contribution in [1.29, 1.82) is 0 Å². The van der Waals surface area contributed by atoms with Crippen molar-refractivity contribution in [3.63, 3.8) is 0 Å². The summed E-state index contributed by atoms with van der Waals surface area (Å²) in [6.45, 7) is 41.6. The van der Waals surface area contributed by atoms with Gasteiger partial charge in [-0.05, 0) is 108 Å². The fourth-order valence-corrected chi connectivity index (χ4v) is 8.62. The molecule has 3 aromatic rings. The van der Waals surface area contributed by atoms with Crippen LogP contribution in [-0.2, 0) is 42.4 Å². The summed E-state index contributed by atoms with van der Waals surface area (Å²) < 4.78 is 3.60. The Balaban J connectivity index is 0.00000162. The lowest BCUT2D eigenvalue weighted by atomic mass is 9.56. The standard InChI is InChI=1S/C49H76O4.H4O5P2/c1-30-23-33(43(6,7)8)26-37(46(15,16)17)39(30)41(52)48(28-50,29-51)49(53,35-22-21-32(42(3,4)5)25-36(35)45(12,13)14)40-31(2)24-34(44(9,10)11)27-38(40)47(18,19)20;1-6(2)5-7(3)4/h21-27,41,50-53H,28-29H2,1-20H3;1-4H. The summed E-state index contributed by atoms with van der Waals surface area (Å²) in [5.41, 5.74) is 3.93. The Morgan fingerprint density at radius 3 is 1.18 bits per heavy atom. The van der Waals surface area contributed by atoms with Crippen LogP contribution in [0, 0.1) is 19.3 Å². The topological polar surface area (TPSA) is 171 Å². The van der Waals surface area contributed by atoms with Crippen molar-refractivity contribution in [1.82, 2.24) is 0 Å². The van der Waals surface area contributed by atoms with E-state index in [4.69, 9.17) is 19.6 Å². The second-order valence-corrected chi connectivity index (χ2v) is 24.6. The summed E-state index contributed by atoms with van der Waals surface area (Å²) in [4.78, 5) is 31.3. The molecule has 0 saturated heterocycles. The summed E-state index contributed by atoms with van der Waals surface area (Å²) in [6, 6.07) is 14.9. The molecule has 0 heterocycles. The average molecular weight is 875 g/mol. The average Bonchev–Trinajstić information content (AvgIpc) is 3.05. The van der Waals surface area contributed by atoms with Crippen LogP contribution in [0.15, 0.2) is 42.5 Å². The van der Waals surface area contributed by atoms with Crippen molar-refractivity contribution >= 4 is 17.2 Å². The summed E-state index contributed by atoms with van der Waals surface area (Å²) >= 11 is 0. The fourth-order valence-electron chi connectivity index (χ4n) is 8.10. The first-order valence-corrected chi connectivity index (χ1v) is 23.2. The Kier molecular flexibility index (Phi) is 16.9. The van der Waals surface area contributed by atoms with Crippen molar-refractivity contribution in [2.45, 2.75) is 183 Å². The van der Waals surface area contributed by atoms with Crippen molar-refractivity contribution in [2.75, 3.05) is 13.2 Å². The monoisotopic (exact) mass is 875 g/mol. The van der Waals surface area contributed by atoms with Gasteiger partial charge < -0.3 is 40.0 Å². The maximum atomic E-state index is 14.4. The molecule has 340 valence electrons. The number of aryl methyl sites for hydroxylation is 2. The van der Waals surface area contributed by atoms with Gasteiger partial charge in [0, 0.05) is 0 Å². The molecule has 9 nitrogen and oxygen atoms in total. The van der Waals surface area contributed by atoms with Crippen molar-refractivity contribution in [3.8, 4) is 0 Å². The van der Waals surface area contributed by atoms with Crippen molar-refractivity contribution in [3.05, 3.63) is 104 Å². The molecule has 0 fully saturated rings. The molecule has 0 saturated carbocycles. The Morgan fingerprint density at radius 2 is 0.850 bits per heavy atom. The minimum atomic E-state index is -2.61. The van der Waals surface area contributed by atoms with Crippen LogP contribution in [0.3, 0.4) is 0 Å². The molecule has 60 heavy (non-hydrogen) atoms. The second kappa shape index (κ2) is 18.7. The number of hydrogen-bond acceptors (Lipinski definition) is 9. The first-order valence-electron chi connectivity index (χ1n) is 20.9. The molecule has 2 unspecified atom stereocenters. The van der Waals surface area contributed by atoms with Gasteiger partial charge in [-0.3, -0.25) is 0 Å². The van der Waals surface area contributed by atoms with Gasteiger partial charge in [-0.15, -0.1) is 0 Å². The van der Waals surface area contributed by atoms with E-state index in [1.165, 1.54) is 0 Å². The lowest BCUT2D eigenvalue weighted by molar-refractivity contribution is -0.174. The molecule has 0 aliphatic rings. The lowest BCUT2D eigenvalue weighted by Crippen LogP contribution is -2.57. The number of hydrogen-bond donors (Lipinski definition) is 8. The van der Waals surface area contributed by atoms with E-state index in [9.17, 15) is 20.4 Å². The number of rotatable bonds is 9. The van der Waals surface area contributed by atoms with Crippen molar-refractivity contribution < 1.29 is 44.3 Å². The second-order valence-electron chi connectivity index (χ2n) is 22.9. The Labute approximate surface area is 365 Å². The number of benzene rings is 3. The first-order chi connectivity index (χ1) is 26.7. The maximum Gasteiger partial charge on any atom is 0.334 e. The molecule has 2 atom stereocenters. The third-order valence-electron chi connectivity index (χ3n) is 11.7. The molecule has 0 bridgehead atoms. The Morgan fingerprint density at radius 1 is 0.483 bits per heavy atom. The van der Waals surface area contributed by atoms with Gasteiger partial charge in [-0.2, -0.15) is 0 Å². The van der Waals surface area contributed by atoms with E-state index in [1.807, 2.05) is 19.9 Å². The third kappa shape index (κ3) is 11.8. The summed E-state index contributed by atoms with van der Waals surface area (Å²) in [7, 11) is -5.22. The summed E-state index contributed by atoms with van der Waals surface area (Å²) in [6.07, 6.45) is -1.46. The summed E-state index contributed by atoms with van der Waals surface area (Å²) in [5, 5.41) is 51.7. The van der Waals surface area contributed by atoms with Crippen LogP contribution in [0.1, 0.15) is 192 Å². The van der Waals surface area contributed by atoms with E-state index >= 15 is 0 Å². The van der Waals surface area contributed by atoms with Gasteiger partial charge in [-0.1, -0.05) is 167 Å². The van der Waals surface area contributed by atoms with Gasteiger partial charge in [0.15, 0.2) is 0 Å². The third-order valence-corrected chi connectivity index (χ3v) is 12.9. The van der Waals surface area contributed by atoms with E-state index in [2.05, 4.69) is 165 Å². The highest BCUT2D eigenvalue weighted by atomic mass is 31.2. The maximum absolute atomic E-state index is 14.4. The van der Waals surface area contributed by atoms with Crippen LogP contribution >= 0.6 is 17.2 Å². The summed E-state index contributed by atoms with van der Waals surface area (Å²) in [5.74, 6) is 0. The van der Waals surface area contributed by atoms with E-state index in [0.717, 1.165) is 44.5 Å². The van der Waals surface area contributed by atoms with Gasteiger partial charge >= 0.3 is 17.2 Å². The van der Waals surface area contributed by atoms with Gasteiger partial charge in [0.2, 0.25) is 0 Å². The van der Waals surface area contributed by atoms with Crippen LogP contribution in [0.5, 0.6) is 0 Å². The van der Waals surface area contributed by atoms with E-state index in [1.54, 1.807) is 0 Å². The highest BCUT2D eigenvalue weighted by molar-refractivity contribution is 7.53. The zero-order valence-corrected chi connectivity index (χ0v) is 42.2. The number of aliphatic hydroxyl groups excluding tert-OH is 3. The van der Waals surface area contributed by atoms with Crippen molar-refractivity contribution in [2.24, 2.45) is 5.41 Å². The van der Waals surface area contributed by atoms with Gasteiger partial charge in [0.05, 0.1) is 24.7 Å². The van der Waals surface area contributed by atoms with E-state index in [0.29, 0.717) is 16.7 Å². The first kappa shape index (κ1) is 54.3. The molecule has 0 aliphatic heterocycles. The molecule has 3 aromatic carbocycles. The van der Waals surface area contributed by atoms with Crippen LogP contribution in [0.25, 0.3) is 0 Å². The van der Waals surface area contributed by atoms with Gasteiger partial charge in [-0.25, -0.2) is 4.31 Å². The molecule has 0 aromatic heterocycles. The molecule has 3 rings (SSSR count). The molecular weight excluding hydrogens is 794 g/mol. The molecule has 0 amide bonds.